The highest BCUT2D eigenvalue weighted by molar-refractivity contribution is 7.95. The summed E-state index contributed by atoms with van der Waals surface area (Å²) in [5.74, 6) is -1.05. The van der Waals surface area contributed by atoms with Crippen LogP contribution in [-0.4, -0.2) is 36.8 Å². The average Bonchev–Trinajstić information content (AvgIpc) is 2.93. The lowest BCUT2D eigenvalue weighted by Crippen LogP contribution is -2.19. The molecule has 0 amide bonds. The molecule has 0 saturated heterocycles. The molecular weight excluding hydrogens is 532 g/mol. The number of sulfonamides is 1. The maximum absolute atomic E-state index is 13.2. The van der Waals surface area contributed by atoms with Crippen LogP contribution in [0, 0.1) is 18.3 Å². The number of hydrogen-bond donors (Lipinski definition) is 2. The van der Waals surface area contributed by atoms with E-state index in [1.165, 1.54) is 29.8 Å². The van der Waals surface area contributed by atoms with E-state index in [-0.39, 0.29) is 17.9 Å². The molecule has 3 N–H and O–H groups in total. The van der Waals surface area contributed by atoms with E-state index in [1.807, 2.05) is 0 Å². The van der Waals surface area contributed by atoms with Crippen molar-refractivity contribution in [2.45, 2.75) is 13.8 Å². The van der Waals surface area contributed by atoms with Gasteiger partial charge in [0, 0.05) is 29.3 Å². The number of nitrogens with two attached hydrogens (primary N) is 1. The molecule has 40 heavy (non-hydrogen) atoms. The summed E-state index contributed by atoms with van der Waals surface area (Å²) < 4.78 is 34.2. The van der Waals surface area contributed by atoms with Gasteiger partial charge in [0.1, 0.15) is 6.07 Å². The van der Waals surface area contributed by atoms with E-state index in [1.54, 1.807) is 67.9 Å². The molecule has 0 atom stereocenters. The molecule has 2 aromatic carbocycles. The van der Waals surface area contributed by atoms with Crippen molar-refractivity contribution in [2.75, 3.05) is 11.3 Å². The fraction of sp³-hybridized carbons (Fsp3) is 0.107. The number of benzene rings is 2. The number of carbonyl (C=O) groups is 1. The minimum absolute atomic E-state index is 0.0188. The first-order valence-electron chi connectivity index (χ1n) is 12.0. The maximum atomic E-state index is 13.2. The monoisotopic (exact) mass is 556 g/mol. The molecule has 0 saturated carbocycles. The van der Waals surface area contributed by atoms with Gasteiger partial charge in [-0.3, -0.25) is 24.1 Å². The van der Waals surface area contributed by atoms with E-state index in [9.17, 15) is 23.3 Å². The first-order chi connectivity index (χ1) is 19.2. The Balaban J connectivity index is 1.88. The lowest BCUT2D eigenvalue weighted by atomic mass is 10.1. The number of allylic oxidation sites excluding steroid dienone is 1. The summed E-state index contributed by atoms with van der Waals surface area (Å²) in [7, 11) is -4.30. The molecule has 0 fully saturated rings. The van der Waals surface area contributed by atoms with Crippen molar-refractivity contribution < 1.29 is 17.9 Å². The van der Waals surface area contributed by atoms with Gasteiger partial charge in [0.05, 0.1) is 40.1 Å². The molecule has 2 heterocycles. The lowest BCUT2D eigenvalue weighted by Gasteiger charge is -2.15. The van der Waals surface area contributed by atoms with E-state index in [0.29, 0.717) is 44.2 Å². The molecule has 202 valence electrons. The molecule has 4 rings (SSSR count). The number of aryl methyl sites for hydroxylation is 1. The minimum atomic E-state index is -4.30. The highest BCUT2D eigenvalue weighted by Crippen LogP contribution is 2.29. The number of pyridine rings is 2. The normalized spacial score (nSPS) is 12.3. The van der Waals surface area contributed by atoms with E-state index >= 15 is 0 Å². The van der Waals surface area contributed by atoms with Crippen molar-refractivity contribution in [1.82, 2.24) is 9.55 Å². The Hall–Kier alpha value is -5.28. The molecular formula is C28H24N6O5S. The Morgan fingerprint density at radius 2 is 2.02 bits per heavy atom. The van der Waals surface area contributed by atoms with Gasteiger partial charge in [0.15, 0.2) is 5.57 Å². The maximum Gasteiger partial charge on any atom is 0.349 e. The Bertz CT molecular complexity index is 1930. The number of rotatable bonds is 8. The number of carbonyl (C=O) groups excluding carboxylic acids is 1. The van der Waals surface area contributed by atoms with Gasteiger partial charge in [-0.2, -0.15) is 5.26 Å². The van der Waals surface area contributed by atoms with E-state index in [4.69, 9.17) is 10.5 Å². The molecule has 12 heteroatoms. The highest BCUT2D eigenvalue weighted by Gasteiger charge is 2.18. The number of nitrogens with zero attached hydrogens (tertiary/aromatic N) is 4. The van der Waals surface area contributed by atoms with Crippen LogP contribution >= 0.6 is 0 Å². The average molecular weight is 557 g/mol. The van der Waals surface area contributed by atoms with Crippen molar-refractivity contribution in [3.8, 4) is 11.8 Å². The van der Waals surface area contributed by atoms with Gasteiger partial charge < -0.3 is 10.5 Å². The molecule has 0 aliphatic heterocycles. The van der Waals surface area contributed by atoms with Crippen LogP contribution in [0.25, 0.3) is 27.5 Å². The predicted molar refractivity (Wildman–Crippen MR) is 154 cm³/mol. The van der Waals surface area contributed by atoms with Gasteiger partial charge in [-0.05, 0) is 68.1 Å². The third-order valence-corrected chi connectivity index (χ3v) is 6.79. The molecule has 2 aromatic heterocycles. The number of hydrogen-bond acceptors (Lipinski definition) is 9. The van der Waals surface area contributed by atoms with Crippen LogP contribution in [0.4, 0.5) is 11.4 Å². The van der Waals surface area contributed by atoms with Crippen LogP contribution < -0.4 is 16.0 Å². The Morgan fingerprint density at radius 1 is 1.23 bits per heavy atom. The van der Waals surface area contributed by atoms with Gasteiger partial charge in [-0.15, -0.1) is 0 Å². The molecule has 0 aliphatic rings. The highest BCUT2D eigenvalue weighted by atomic mass is 32.2. The smallest absolute Gasteiger partial charge is 0.349 e. The second-order valence-electron chi connectivity index (χ2n) is 8.44. The van der Waals surface area contributed by atoms with Gasteiger partial charge in [0.25, 0.3) is 15.6 Å². The van der Waals surface area contributed by atoms with Gasteiger partial charge in [-0.25, -0.2) is 13.2 Å². The third-order valence-electron chi connectivity index (χ3n) is 5.74. The summed E-state index contributed by atoms with van der Waals surface area (Å²) in [4.78, 5) is 34.0. The second-order valence-corrected chi connectivity index (χ2v) is 9.97. The summed E-state index contributed by atoms with van der Waals surface area (Å²) in [5, 5.41) is 11.1. The number of anilines is 1. The van der Waals surface area contributed by atoms with Gasteiger partial charge in [-0.1, -0.05) is 6.07 Å². The number of aromatic nitrogens is 2. The van der Waals surface area contributed by atoms with Crippen molar-refractivity contribution in [3.63, 3.8) is 0 Å². The Labute approximate surface area is 229 Å². The Kier molecular flexibility index (Phi) is 8.07. The number of nitriles is 1. The zero-order chi connectivity index (χ0) is 28.9. The van der Waals surface area contributed by atoms with Crippen LogP contribution in [0.5, 0.6) is 0 Å². The van der Waals surface area contributed by atoms with Crippen molar-refractivity contribution in [1.29, 1.82) is 5.26 Å². The van der Waals surface area contributed by atoms with Crippen LogP contribution in [0.15, 0.2) is 87.8 Å². The molecule has 0 bridgehead atoms. The lowest BCUT2D eigenvalue weighted by molar-refractivity contribution is -0.138. The Morgan fingerprint density at radius 3 is 2.75 bits per heavy atom. The zero-order valence-electron chi connectivity index (χ0n) is 21.5. The standard InChI is InChI=1S/C28H24N6O5S/c1-3-39-28(36)20(15-30)17-40(37,38)33-25-14-22(8-5-18(25)2)34-26(35)10-6-19-16-32-24-9-7-21(31-12-4-11-29)13-23(24)27(19)34/h4-14,16-17,33H,3,29H2,1-2H3/b11-4?,20-17+,31-12?. The SMILES string of the molecule is CCOC(=O)/C(C#N)=C/S(=O)(=O)Nc1cc(-n2c(=O)ccc3cnc4ccc(N=CC=CN)cc4c32)ccc1C. The fourth-order valence-corrected chi connectivity index (χ4v) is 4.99. The van der Waals surface area contributed by atoms with Crippen LogP contribution in [0.1, 0.15) is 12.5 Å². The topological polar surface area (TPSA) is 170 Å². The first-order valence-corrected chi connectivity index (χ1v) is 13.5. The van der Waals surface area contributed by atoms with Crippen LogP contribution in [0.2, 0.25) is 0 Å². The van der Waals surface area contributed by atoms with Gasteiger partial charge in [0.2, 0.25) is 0 Å². The van der Waals surface area contributed by atoms with E-state index in [0.717, 1.165) is 0 Å². The van der Waals surface area contributed by atoms with Crippen LogP contribution in [0.3, 0.4) is 0 Å². The summed E-state index contributed by atoms with van der Waals surface area (Å²) in [6, 6.07) is 14.8. The van der Waals surface area contributed by atoms with E-state index in [2.05, 4.69) is 14.7 Å². The summed E-state index contributed by atoms with van der Waals surface area (Å²) in [5.41, 5.74) is 7.20. The number of fused-ring (bicyclic) bond motifs is 3. The summed E-state index contributed by atoms with van der Waals surface area (Å²) >= 11 is 0. The second kappa shape index (κ2) is 11.6. The number of ether oxygens (including phenoxy) is 1. The molecule has 0 radical (unpaired) electrons. The number of nitrogens with one attached hydrogen (secondary N) is 1. The molecule has 0 aliphatic carbocycles. The van der Waals surface area contributed by atoms with E-state index < -0.39 is 21.6 Å². The van der Waals surface area contributed by atoms with Crippen molar-refractivity contribution in [3.05, 3.63) is 93.9 Å². The quantitative estimate of drug-likeness (QED) is 0.109. The summed E-state index contributed by atoms with van der Waals surface area (Å²) in [6.07, 6.45) is 6.13. The largest absolute Gasteiger partial charge is 0.462 e. The molecule has 4 aromatic rings. The number of aliphatic imine (C=N–C) groups is 1. The molecule has 0 unspecified atom stereocenters. The van der Waals surface area contributed by atoms with Crippen molar-refractivity contribution in [2.24, 2.45) is 10.7 Å². The molecule has 11 nitrogen and oxygen atoms in total. The fourth-order valence-electron chi connectivity index (χ4n) is 3.94. The third kappa shape index (κ3) is 5.90. The summed E-state index contributed by atoms with van der Waals surface area (Å²) in [6.45, 7) is 3.19. The zero-order valence-corrected chi connectivity index (χ0v) is 22.3. The predicted octanol–water partition coefficient (Wildman–Crippen LogP) is 3.73. The minimum Gasteiger partial charge on any atom is -0.462 e. The van der Waals surface area contributed by atoms with Crippen molar-refractivity contribution >= 4 is 55.4 Å². The van der Waals surface area contributed by atoms with Crippen LogP contribution in [-0.2, 0) is 19.6 Å². The number of esters is 1. The molecule has 0 spiro atoms. The van der Waals surface area contributed by atoms with Gasteiger partial charge >= 0.3 is 5.97 Å². The first kappa shape index (κ1) is 27.7.